The van der Waals surface area contributed by atoms with Gasteiger partial charge in [0.15, 0.2) is 9.84 Å². The Balaban J connectivity index is 1.93. The van der Waals surface area contributed by atoms with Crippen molar-refractivity contribution in [2.45, 2.75) is 17.7 Å². The van der Waals surface area contributed by atoms with Crippen LogP contribution in [0.5, 0.6) is 5.75 Å². The molecule has 5 heteroatoms. The Morgan fingerprint density at radius 2 is 1.95 bits per heavy atom. The first-order chi connectivity index (χ1) is 9.99. The smallest absolute Gasteiger partial charge is 0.181 e. The van der Waals surface area contributed by atoms with Gasteiger partial charge in [0.05, 0.1) is 22.9 Å². The van der Waals surface area contributed by atoms with Gasteiger partial charge in [-0.3, -0.25) is 0 Å². The molecule has 0 aromatic heterocycles. The summed E-state index contributed by atoms with van der Waals surface area (Å²) in [6.07, 6.45) is 0. The average molecular weight is 303 g/mol. The molecule has 0 aliphatic carbocycles. The van der Waals surface area contributed by atoms with E-state index < -0.39 is 9.84 Å². The van der Waals surface area contributed by atoms with Gasteiger partial charge in [0.25, 0.3) is 0 Å². The molecule has 3 rings (SSSR count). The summed E-state index contributed by atoms with van der Waals surface area (Å²) < 4.78 is 30.8. The van der Waals surface area contributed by atoms with E-state index in [1.807, 2.05) is 37.3 Å². The highest BCUT2D eigenvalue weighted by Gasteiger charge is 2.30. The van der Waals surface area contributed by atoms with Crippen LogP contribution in [0, 0.1) is 6.92 Å². The zero-order valence-electron chi connectivity index (χ0n) is 11.7. The molecular weight excluding hydrogens is 286 g/mol. The second-order valence-corrected chi connectivity index (χ2v) is 7.32. The lowest BCUT2D eigenvalue weighted by Crippen LogP contribution is -2.17. The number of nitrogen functional groups attached to an aromatic ring is 1. The SMILES string of the molecule is Cc1cccc(S(=O)(=O)CC2COc3ccccc32)c1N. The fourth-order valence-electron chi connectivity index (χ4n) is 2.65. The molecule has 1 aliphatic heterocycles. The van der Waals surface area contributed by atoms with Gasteiger partial charge in [-0.05, 0) is 24.6 Å². The van der Waals surface area contributed by atoms with Crippen LogP contribution in [0.3, 0.4) is 0 Å². The predicted octanol–water partition coefficient (Wildman–Crippen LogP) is 2.53. The minimum atomic E-state index is -3.44. The third kappa shape index (κ3) is 2.49. The normalized spacial score (nSPS) is 17.3. The van der Waals surface area contributed by atoms with Crippen LogP contribution < -0.4 is 10.5 Å². The van der Waals surface area contributed by atoms with Crippen molar-refractivity contribution in [2.24, 2.45) is 0 Å². The van der Waals surface area contributed by atoms with E-state index >= 15 is 0 Å². The largest absolute Gasteiger partial charge is 0.493 e. The Hall–Kier alpha value is -2.01. The van der Waals surface area contributed by atoms with Crippen LogP contribution >= 0.6 is 0 Å². The van der Waals surface area contributed by atoms with Crippen molar-refractivity contribution in [1.29, 1.82) is 0 Å². The second-order valence-electron chi connectivity index (χ2n) is 5.31. The summed E-state index contributed by atoms with van der Waals surface area (Å²) in [6, 6.07) is 12.7. The molecule has 21 heavy (non-hydrogen) atoms. The van der Waals surface area contributed by atoms with Gasteiger partial charge < -0.3 is 10.5 Å². The number of aryl methyl sites for hydroxylation is 1. The molecule has 1 unspecified atom stereocenters. The van der Waals surface area contributed by atoms with Crippen molar-refractivity contribution in [2.75, 3.05) is 18.1 Å². The monoisotopic (exact) mass is 303 g/mol. The first-order valence-electron chi connectivity index (χ1n) is 6.78. The Bertz CT molecular complexity index is 784. The number of nitrogens with two attached hydrogens (primary N) is 1. The third-order valence-electron chi connectivity index (χ3n) is 3.84. The fourth-order valence-corrected chi connectivity index (χ4v) is 4.41. The molecule has 0 amide bonds. The van der Waals surface area contributed by atoms with Crippen molar-refractivity contribution in [3.63, 3.8) is 0 Å². The number of anilines is 1. The molecule has 1 aliphatic rings. The molecule has 1 heterocycles. The molecule has 0 bridgehead atoms. The van der Waals surface area contributed by atoms with Crippen LogP contribution in [0.25, 0.3) is 0 Å². The molecule has 110 valence electrons. The molecule has 0 fully saturated rings. The maximum absolute atomic E-state index is 12.6. The molecule has 2 aromatic rings. The quantitative estimate of drug-likeness (QED) is 0.885. The maximum Gasteiger partial charge on any atom is 0.181 e. The second kappa shape index (κ2) is 5.07. The first-order valence-corrected chi connectivity index (χ1v) is 8.44. The first kappa shape index (κ1) is 13.9. The van der Waals surface area contributed by atoms with Gasteiger partial charge in [-0.1, -0.05) is 30.3 Å². The lowest BCUT2D eigenvalue weighted by Gasteiger charge is -2.13. The Kier molecular flexibility index (Phi) is 3.37. The van der Waals surface area contributed by atoms with Crippen LogP contribution in [0.15, 0.2) is 47.4 Å². The summed E-state index contributed by atoms with van der Waals surface area (Å²) in [5, 5.41) is 0. The Morgan fingerprint density at radius 3 is 2.76 bits per heavy atom. The zero-order chi connectivity index (χ0) is 15.0. The van der Waals surface area contributed by atoms with E-state index in [9.17, 15) is 8.42 Å². The Labute approximate surface area is 124 Å². The third-order valence-corrected chi connectivity index (χ3v) is 5.71. The fraction of sp³-hybridized carbons (Fsp3) is 0.250. The van der Waals surface area contributed by atoms with E-state index in [2.05, 4.69) is 0 Å². The molecule has 1 atom stereocenters. The van der Waals surface area contributed by atoms with E-state index in [1.165, 1.54) is 0 Å². The highest BCUT2D eigenvalue weighted by Crippen LogP contribution is 2.36. The van der Waals surface area contributed by atoms with Gasteiger partial charge in [0.1, 0.15) is 5.75 Å². The van der Waals surface area contributed by atoms with Crippen LogP contribution in [0.2, 0.25) is 0 Å². The lowest BCUT2D eigenvalue weighted by molar-refractivity contribution is 0.337. The van der Waals surface area contributed by atoms with Crippen molar-refractivity contribution in [3.8, 4) is 5.75 Å². The number of benzene rings is 2. The van der Waals surface area contributed by atoms with E-state index in [0.29, 0.717) is 12.3 Å². The minimum absolute atomic E-state index is 0.0116. The molecule has 2 N–H and O–H groups in total. The summed E-state index contributed by atoms with van der Waals surface area (Å²) in [6.45, 7) is 2.20. The van der Waals surface area contributed by atoms with Crippen LogP contribution in [-0.2, 0) is 9.84 Å². The van der Waals surface area contributed by atoms with E-state index in [0.717, 1.165) is 16.9 Å². The summed E-state index contributed by atoms with van der Waals surface area (Å²) in [7, 11) is -3.44. The number of hydrogen-bond acceptors (Lipinski definition) is 4. The van der Waals surface area contributed by atoms with Crippen molar-refractivity contribution >= 4 is 15.5 Å². The van der Waals surface area contributed by atoms with Crippen molar-refractivity contribution < 1.29 is 13.2 Å². The van der Waals surface area contributed by atoms with Crippen molar-refractivity contribution in [3.05, 3.63) is 53.6 Å². The number of rotatable bonds is 3. The molecule has 0 saturated heterocycles. The van der Waals surface area contributed by atoms with Gasteiger partial charge >= 0.3 is 0 Å². The predicted molar refractivity (Wildman–Crippen MR) is 82.3 cm³/mol. The molecule has 0 spiro atoms. The highest BCUT2D eigenvalue weighted by molar-refractivity contribution is 7.91. The zero-order valence-corrected chi connectivity index (χ0v) is 12.6. The van der Waals surface area contributed by atoms with Gasteiger partial charge in [-0.25, -0.2) is 8.42 Å². The summed E-state index contributed by atoms with van der Waals surface area (Å²) in [4.78, 5) is 0.215. The van der Waals surface area contributed by atoms with E-state index in [1.54, 1.807) is 12.1 Å². The summed E-state index contributed by atoms with van der Waals surface area (Å²) in [5.74, 6) is 0.638. The van der Waals surface area contributed by atoms with E-state index in [-0.39, 0.29) is 16.6 Å². The van der Waals surface area contributed by atoms with Crippen LogP contribution in [0.1, 0.15) is 17.0 Å². The summed E-state index contributed by atoms with van der Waals surface area (Å²) >= 11 is 0. The molecule has 4 nitrogen and oxygen atoms in total. The molecule has 0 radical (unpaired) electrons. The number of sulfone groups is 1. The average Bonchev–Trinajstić information content (AvgIpc) is 2.84. The van der Waals surface area contributed by atoms with Crippen molar-refractivity contribution in [1.82, 2.24) is 0 Å². The van der Waals surface area contributed by atoms with Gasteiger partial charge in [0, 0.05) is 11.5 Å². The van der Waals surface area contributed by atoms with Gasteiger partial charge in [-0.15, -0.1) is 0 Å². The number of para-hydroxylation sites is 2. The number of hydrogen-bond donors (Lipinski definition) is 1. The standard InChI is InChI=1S/C16H17NO3S/c1-11-5-4-8-15(16(11)17)21(18,19)10-12-9-20-14-7-3-2-6-13(12)14/h2-8,12H,9-10,17H2,1H3. The van der Waals surface area contributed by atoms with Crippen LogP contribution in [-0.4, -0.2) is 20.8 Å². The highest BCUT2D eigenvalue weighted by atomic mass is 32.2. The maximum atomic E-state index is 12.6. The topological polar surface area (TPSA) is 69.4 Å². The minimum Gasteiger partial charge on any atom is -0.493 e. The molecule has 2 aromatic carbocycles. The molecular formula is C16H17NO3S. The van der Waals surface area contributed by atoms with Gasteiger partial charge in [0.2, 0.25) is 0 Å². The van der Waals surface area contributed by atoms with Gasteiger partial charge in [-0.2, -0.15) is 0 Å². The van der Waals surface area contributed by atoms with E-state index in [4.69, 9.17) is 10.5 Å². The summed E-state index contributed by atoms with van der Waals surface area (Å²) in [5.41, 5.74) is 7.99. The number of fused-ring (bicyclic) bond motifs is 1. The van der Waals surface area contributed by atoms with Crippen LogP contribution in [0.4, 0.5) is 5.69 Å². The molecule has 0 saturated carbocycles. The lowest BCUT2D eigenvalue weighted by atomic mass is 10.0. The Morgan fingerprint density at radius 1 is 1.19 bits per heavy atom. The number of ether oxygens (including phenoxy) is 1.